The third kappa shape index (κ3) is 3.67. The van der Waals surface area contributed by atoms with Crippen LogP contribution in [0.15, 0.2) is 0 Å². The van der Waals surface area contributed by atoms with Crippen LogP contribution in [0.3, 0.4) is 0 Å². The number of ether oxygens (including phenoxy) is 1. The van der Waals surface area contributed by atoms with Crippen LogP contribution >= 0.6 is 0 Å². The fourth-order valence-electron chi connectivity index (χ4n) is 1.97. The van der Waals surface area contributed by atoms with Gasteiger partial charge in [0, 0.05) is 18.6 Å². The molecule has 0 aromatic heterocycles. The Bertz CT molecular complexity index is 240. The van der Waals surface area contributed by atoms with E-state index in [1.807, 2.05) is 39.5 Å². The maximum Gasteiger partial charge on any atom is 0.410 e. The molecule has 1 aliphatic heterocycles. The van der Waals surface area contributed by atoms with Crippen LogP contribution in [0.2, 0.25) is 0 Å². The molecule has 1 rings (SSSR count). The maximum absolute atomic E-state index is 12.1. The summed E-state index contributed by atoms with van der Waals surface area (Å²) in [6, 6.07) is 0.453. The van der Waals surface area contributed by atoms with Crippen LogP contribution in [0.1, 0.15) is 41.0 Å². The molecule has 1 amide bonds. The van der Waals surface area contributed by atoms with Gasteiger partial charge in [0.25, 0.3) is 0 Å². The zero-order valence-electron chi connectivity index (χ0n) is 11.0. The Labute approximate surface area is 98.3 Å². The van der Waals surface area contributed by atoms with Gasteiger partial charge in [0.2, 0.25) is 0 Å². The SMILES string of the molecule is CC(C)N(C(=O)OC(C)(C)C)C1CCNC1. The highest BCUT2D eigenvalue weighted by Gasteiger charge is 2.31. The third-order valence-electron chi connectivity index (χ3n) is 2.59. The van der Waals surface area contributed by atoms with Gasteiger partial charge in [0.15, 0.2) is 0 Å². The number of nitrogens with one attached hydrogen (secondary N) is 1. The first-order valence-electron chi connectivity index (χ1n) is 6.03. The van der Waals surface area contributed by atoms with E-state index in [0.717, 1.165) is 19.5 Å². The minimum atomic E-state index is -0.420. The van der Waals surface area contributed by atoms with E-state index in [1.54, 1.807) is 0 Å². The van der Waals surface area contributed by atoms with Crippen LogP contribution in [-0.4, -0.2) is 41.8 Å². The van der Waals surface area contributed by atoms with Gasteiger partial charge in [-0.1, -0.05) is 0 Å². The molecule has 0 aromatic rings. The van der Waals surface area contributed by atoms with Gasteiger partial charge in [0.1, 0.15) is 5.60 Å². The summed E-state index contributed by atoms with van der Waals surface area (Å²) in [5, 5.41) is 3.28. The van der Waals surface area contributed by atoms with Gasteiger partial charge in [-0.3, -0.25) is 0 Å². The van der Waals surface area contributed by atoms with Crippen LogP contribution in [0.4, 0.5) is 4.79 Å². The van der Waals surface area contributed by atoms with Crippen LogP contribution in [0.5, 0.6) is 0 Å². The quantitative estimate of drug-likeness (QED) is 0.786. The predicted molar refractivity (Wildman–Crippen MR) is 64.5 cm³/mol. The molecule has 0 saturated carbocycles. The molecule has 0 bridgehead atoms. The molecule has 0 aromatic carbocycles. The Hall–Kier alpha value is -0.770. The molecule has 4 nitrogen and oxygen atoms in total. The number of amides is 1. The number of nitrogens with zero attached hydrogens (tertiary/aromatic N) is 1. The average Bonchev–Trinajstić information content (AvgIpc) is 2.52. The van der Waals surface area contributed by atoms with E-state index >= 15 is 0 Å². The van der Waals surface area contributed by atoms with Gasteiger partial charge < -0.3 is 15.0 Å². The van der Waals surface area contributed by atoms with Crippen LogP contribution < -0.4 is 5.32 Å². The Morgan fingerprint density at radius 2 is 2.06 bits per heavy atom. The molecule has 16 heavy (non-hydrogen) atoms. The number of carbonyl (C=O) groups is 1. The molecule has 1 N–H and O–H groups in total. The number of carbonyl (C=O) groups excluding carboxylic acids is 1. The molecule has 0 aliphatic carbocycles. The summed E-state index contributed by atoms with van der Waals surface area (Å²) in [7, 11) is 0. The van der Waals surface area contributed by atoms with Crippen molar-refractivity contribution in [3.8, 4) is 0 Å². The van der Waals surface area contributed by atoms with Gasteiger partial charge in [-0.15, -0.1) is 0 Å². The molecule has 0 spiro atoms. The first-order chi connectivity index (χ1) is 7.31. The molecule has 1 atom stereocenters. The van der Waals surface area contributed by atoms with Crippen LogP contribution in [0, 0.1) is 0 Å². The molecular weight excluding hydrogens is 204 g/mol. The largest absolute Gasteiger partial charge is 0.444 e. The predicted octanol–water partition coefficient (Wildman–Crippen LogP) is 1.99. The minimum absolute atomic E-state index is 0.180. The Morgan fingerprint density at radius 1 is 1.44 bits per heavy atom. The zero-order valence-corrected chi connectivity index (χ0v) is 11.0. The molecular formula is C12H24N2O2. The van der Waals surface area contributed by atoms with Crippen molar-refractivity contribution in [2.24, 2.45) is 0 Å². The first kappa shape index (κ1) is 13.3. The van der Waals surface area contributed by atoms with E-state index in [2.05, 4.69) is 5.32 Å². The standard InChI is InChI=1S/C12H24N2O2/c1-9(2)14(10-6-7-13-8-10)11(15)16-12(3,4)5/h9-10,13H,6-8H2,1-5H3. The van der Waals surface area contributed by atoms with Crippen molar-refractivity contribution in [1.29, 1.82) is 0 Å². The van der Waals surface area contributed by atoms with Crippen molar-refractivity contribution in [3.63, 3.8) is 0 Å². The lowest BCUT2D eigenvalue weighted by molar-refractivity contribution is 0.0105. The first-order valence-corrected chi connectivity index (χ1v) is 6.03. The highest BCUT2D eigenvalue weighted by atomic mass is 16.6. The summed E-state index contributed by atoms with van der Waals surface area (Å²) in [6.45, 7) is 11.6. The summed E-state index contributed by atoms with van der Waals surface area (Å²) in [5.74, 6) is 0. The van der Waals surface area contributed by atoms with Gasteiger partial charge in [-0.05, 0) is 47.6 Å². The number of hydrogen-bond donors (Lipinski definition) is 1. The summed E-state index contributed by atoms with van der Waals surface area (Å²) >= 11 is 0. The summed E-state index contributed by atoms with van der Waals surface area (Å²) < 4.78 is 5.43. The third-order valence-corrected chi connectivity index (χ3v) is 2.59. The van der Waals surface area contributed by atoms with Gasteiger partial charge in [0.05, 0.1) is 0 Å². The second-order valence-corrected chi connectivity index (χ2v) is 5.63. The minimum Gasteiger partial charge on any atom is -0.444 e. The monoisotopic (exact) mass is 228 g/mol. The molecule has 94 valence electrons. The second-order valence-electron chi connectivity index (χ2n) is 5.63. The summed E-state index contributed by atoms with van der Waals surface area (Å²) in [4.78, 5) is 13.9. The average molecular weight is 228 g/mol. The van der Waals surface area contributed by atoms with Crippen molar-refractivity contribution in [2.75, 3.05) is 13.1 Å². The lowest BCUT2D eigenvalue weighted by Crippen LogP contribution is -2.48. The fourth-order valence-corrected chi connectivity index (χ4v) is 1.97. The lowest BCUT2D eigenvalue weighted by atomic mass is 10.2. The van der Waals surface area contributed by atoms with E-state index in [0.29, 0.717) is 0 Å². The van der Waals surface area contributed by atoms with Crippen LogP contribution in [-0.2, 0) is 4.74 Å². The number of rotatable bonds is 2. The van der Waals surface area contributed by atoms with Crippen molar-refractivity contribution in [3.05, 3.63) is 0 Å². The van der Waals surface area contributed by atoms with E-state index in [1.165, 1.54) is 0 Å². The summed E-state index contributed by atoms with van der Waals surface area (Å²) in [5.41, 5.74) is -0.420. The summed E-state index contributed by atoms with van der Waals surface area (Å²) in [6.07, 6.45) is 0.813. The number of hydrogen-bond acceptors (Lipinski definition) is 3. The van der Waals surface area contributed by atoms with E-state index in [-0.39, 0.29) is 18.2 Å². The van der Waals surface area contributed by atoms with Gasteiger partial charge in [-0.2, -0.15) is 0 Å². The lowest BCUT2D eigenvalue weighted by Gasteiger charge is -2.34. The molecule has 1 fully saturated rings. The Kier molecular flexibility index (Phi) is 4.19. The topological polar surface area (TPSA) is 41.6 Å². The van der Waals surface area contributed by atoms with E-state index < -0.39 is 5.60 Å². The molecule has 1 saturated heterocycles. The highest BCUT2D eigenvalue weighted by molar-refractivity contribution is 5.69. The van der Waals surface area contributed by atoms with Crippen LogP contribution in [0.25, 0.3) is 0 Å². The highest BCUT2D eigenvalue weighted by Crippen LogP contribution is 2.17. The Balaban J connectivity index is 2.66. The molecule has 1 unspecified atom stereocenters. The van der Waals surface area contributed by atoms with E-state index in [9.17, 15) is 4.79 Å². The molecule has 4 heteroatoms. The fraction of sp³-hybridized carbons (Fsp3) is 0.917. The Morgan fingerprint density at radius 3 is 2.44 bits per heavy atom. The maximum atomic E-state index is 12.1. The van der Waals surface area contributed by atoms with Crippen molar-refractivity contribution >= 4 is 6.09 Å². The van der Waals surface area contributed by atoms with E-state index in [4.69, 9.17) is 4.74 Å². The van der Waals surface area contributed by atoms with Crippen molar-refractivity contribution in [1.82, 2.24) is 10.2 Å². The van der Waals surface area contributed by atoms with Crippen molar-refractivity contribution in [2.45, 2.75) is 58.7 Å². The second kappa shape index (κ2) is 5.04. The van der Waals surface area contributed by atoms with Crippen molar-refractivity contribution < 1.29 is 9.53 Å². The molecule has 1 heterocycles. The zero-order chi connectivity index (χ0) is 12.3. The molecule has 1 aliphatic rings. The van der Waals surface area contributed by atoms with Gasteiger partial charge in [-0.25, -0.2) is 4.79 Å². The molecule has 0 radical (unpaired) electrons. The van der Waals surface area contributed by atoms with Gasteiger partial charge >= 0.3 is 6.09 Å². The smallest absolute Gasteiger partial charge is 0.410 e. The normalized spacial score (nSPS) is 21.2.